The zero-order chi connectivity index (χ0) is 15.6. The molecule has 120 valence electrons. The highest BCUT2D eigenvalue weighted by atomic mass is 16.3. The summed E-state index contributed by atoms with van der Waals surface area (Å²) in [6.07, 6.45) is 4.99. The van der Waals surface area contributed by atoms with Gasteiger partial charge in [0, 0.05) is 30.6 Å². The van der Waals surface area contributed by atoms with Crippen molar-refractivity contribution in [2.45, 2.75) is 64.9 Å². The van der Waals surface area contributed by atoms with E-state index < -0.39 is 6.10 Å². The van der Waals surface area contributed by atoms with E-state index in [-0.39, 0.29) is 11.3 Å². The van der Waals surface area contributed by atoms with Crippen molar-refractivity contribution >= 4 is 11.6 Å². The number of carbonyl (C=O) groups is 2. The van der Waals surface area contributed by atoms with Crippen LogP contribution < -0.4 is 0 Å². The molecule has 0 spiro atoms. The SMILES string of the molecule is C[C@@H]1CC2=C(CCC(=O)C2)C2C1C1CCC(=O)[C@@]1(C)C[C@H]2O. The van der Waals surface area contributed by atoms with Crippen LogP contribution in [0.15, 0.2) is 11.1 Å². The molecule has 4 aliphatic carbocycles. The van der Waals surface area contributed by atoms with E-state index in [4.69, 9.17) is 0 Å². The second-order valence-corrected chi connectivity index (χ2v) is 8.39. The molecule has 22 heavy (non-hydrogen) atoms. The van der Waals surface area contributed by atoms with Crippen molar-refractivity contribution in [1.29, 1.82) is 0 Å². The van der Waals surface area contributed by atoms with Gasteiger partial charge in [-0.25, -0.2) is 0 Å². The second kappa shape index (κ2) is 4.77. The van der Waals surface area contributed by atoms with E-state index in [0.29, 0.717) is 55.0 Å². The monoisotopic (exact) mass is 302 g/mol. The first-order valence-corrected chi connectivity index (χ1v) is 8.85. The number of ketones is 2. The van der Waals surface area contributed by atoms with Gasteiger partial charge >= 0.3 is 0 Å². The molecule has 0 aromatic rings. The molecule has 2 saturated carbocycles. The molecule has 0 amide bonds. The summed E-state index contributed by atoms with van der Waals surface area (Å²) in [6.45, 7) is 4.36. The van der Waals surface area contributed by atoms with E-state index in [2.05, 4.69) is 13.8 Å². The Bertz CT molecular complexity index is 575. The highest BCUT2D eigenvalue weighted by Gasteiger charge is 2.59. The highest BCUT2D eigenvalue weighted by Crippen LogP contribution is 2.61. The van der Waals surface area contributed by atoms with Crippen LogP contribution in [0.2, 0.25) is 0 Å². The van der Waals surface area contributed by atoms with Crippen molar-refractivity contribution in [3.05, 3.63) is 11.1 Å². The Labute approximate surface area is 132 Å². The molecule has 3 nitrogen and oxygen atoms in total. The lowest BCUT2D eigenvalue weighted by Gasteiger charge is -2.54. The first-order chi connectivity index (χ1) is 10.4. The van der Waals surface area contributed by atoms with E-state index in [1.54, 1.807) is 0 Å². The maximum Gasteiger partial charge on any atom is 0.139 e. The Kier molecular flexibility index (Phi) is 3.17. The Hall–Kier alpha value is -0.960. The van der Waals surface area contributed by atoms with Gasteiger partial charge in [-0.15, -0.1) is 0 Å². The van der Waals surface area contributed by atoms with Crippen LogP contribution in [0.3, 0.4) is 0 Å². The predicted octanol–water partition coefficient (Wildman–Crippen LogP) is 3.06. The van der Waals surface area contributed by atoms with Crippen LogP contribution in [0.1, 0.15) is 58.8 Å². The van der Waals surface area contributed by atoms with E-state index >= 15 is 0 Å². The molecule has 0 aliphatic heterocycles. The van der Waals surface area contributed by atoms with Gasteiger partial charge < -0.3 is 5.11 Å². The molecular weight excluding hydrogens is 276 g/mol. The summed E-state index contributed by atoms with van der Waals surface area (Å²) in [5.41, 5.74) is 2.39. The van der Waals surface area contributed by atoms with Crippen molar-refractivity contribution in [2.24, 2.45) is 29.1 Å². The van der Waals surface area contributed by atoms with Crippen molar-refractivity contribution in [2.75, 3.05) is 0 Å². The van der Waals surface area contributed by atoms with Gasteiger partial charge in [-0.2, -0.15) is 0 Å². The van der Waals surface area contributed by atoms with Crippen molar-refractivity contribution < 1.29 is 14.7 Å². The molecule has 3 heteroatoms. The Morgan fingerprint density at radius 1 is 1.18 bits per heavy atom. The molecule has 0 radical (unpaired) electrons. The first kappa shape index (κ1) is 14.6. The van der Waals surface area contributed by atoms with Gasteiger partial charge in [0.25, 0.3) is 0 Å². The lowest BCUT2D eigenvalue weighted by atomic mass is 9.51. The molecule has 0 saturated heterocycles. The normalized spacial score (nSPS) is 48.0. The van der Waals surface area contributed by atoms with Gasteiger partial charge in [-0.1, -0.05) is 25.0 Å². The van der Waals surface area contributed by atoms with Gasteiger partial charge in [0.15, 0.2) is 0 Å². The largest absolute Gasteiger partial charge is 0.392 e. The minimum absolute atomic E-state index is 0.204. The topological polar surface area (TPSA) is 54.4 Å². The minimum atomic E-state index is -0.408. The maximum absolute atomic E-state index is 12.4. The average Bonchev–Trinajstić information content (AvgIpc) is 2.74. The maximum atomic E-state index is 12.4. The second-order valence-electron chi connectivity index (χ2n) is 8.39. The molecule has 0 heterocycles. The highest BCUT2D eigenvalue weighted by molar-refractivity contribution is 5.87. The van der Waals surface area contributed by atoms with Crippen molar-refractivity contribution in [3.8, 4) is 0 Å². The van der Waals surface area contributed by atoms with Crippen molar-refractivity contribution in [3.63, 3.8) is 0 Å². The van der Waals surface area contributed by atoms with E-state index in [1.807, 2.05) is 0 Å². The summed E-state index contributed by atoms with van der Waals surface area (Å²) in [6, 6.07) is 0. The zero-order valence-corrected chi connectivity index (χ0v) is 13.6. The fourth-order valence-corrected chi connectivity index (χ4v) is 6.28. The van der Waals surface area contributed by atoms with Gasteiger partial charge in [0.05, 0.1) is 6.10 Å². The quantitative estimate of drug-likeness (QED) is 0.700. The molecule has 4 aliphatic rings. The fourth-order valence-electron chi connectivity index (χ4n) is 6.28. The number of hydrogen-bond acceptors (Lipinski definition) is 3. The molecule has 0 aromatic carbocycles. The van der Waals surface area contributed by atoms with Gasteiger partial charge in [0.1, 0.15) is 11.6 Å². The number of carbonyl (C=O) groups excluding carboxylic acids is 2. The summed E-state index contributed by atoms with van der Waals surface area (Å²) in [7, 11) is 0. The van der Waals surface area contributed by atoms with Crippen LogP contribution in [-0.4, -0.2) is 22.8 Å². The molecule has 0 aromatic heterocycles. The molecular formula is C19H26O3. The molecule has 4 rings (SSSR count). The third-order valence-corrected chi connectivity index (χ3v) is 7.23. The molecule has 0 bridgehead atoms. The molecule has 3 unspecified atom stereocenters. The number of allylic oxidation sites excluding steroid dienone is 1. The zero-order valence-electron chi connectivity index (χ0n) is 13.6. The number of Topliss-reactive ketones (excluding diaryl/α,β-unsaturated/α-hetero) is 2. The van der Waals surface area contributed by atoms with Crippen LogP contribution in [0.4, 0.5) is 0 Å². The lowest BCUT2D eigenvalue weighted by Crippen LogP contribution is -2.53. The lowest BCUT2D eigenvalue weighted by molar-refractivity contribution is -0.137. The van der Waals surface area contributed by atoms with Gasteiger partial charge in [-0.3, -0.25) is 9.59 Å². The third-order valence-electron chi connectivity index (χ3n) is 7.23. The Morgan fingerprint density at radius 3 is 2.73 bits per heavy atom. The summed E-state index contributed by atoms with van der Waals surface area (Å²) in [5.74, 6) is 2.24. The van der Waals surface area contributed by atoms with Crippen LogP contribution in [0, 0.1) is 29.1 Å². The summed E-state index contributed by atoms with van der Waals surface area (Å²) in [5, 5.41) is 10.9. The van der Waals surface area contributed by atoms with Crippen molar-refractivity contribution in [1.82, 2.24) is 0 Å². The molecule has 2 fully saturated rings. The van der Waals surface area contributed by atoms with Gasteiger partial charge in [-0.05, 0) is 43.4 Å². The number of hydrogen-bond donors (Lipinski definition) is 1. The fraction of sp³-hybridized carbons (Fsp3) is 0.789. The average molecular weight is 302 g/mol. The van der Waals surface area contributed by atoms with Gasteiger partial charge in [0.2, 0.25) is 0 Å². The Morgan fingerprint density at radius 2 is 1.95 bits per heavy atom. The number of rotatable bonds is 0. The smallest absolute Gasteiger partial charge is 0.139 e. The number of fused-ring (bicyclic) bond motifs is 4. The summed E-state index contributed by atoms with van der Waals surface area (Å²) < 4.78 is 0. The van der Waals surface area contributed by atoms with E-state index in [1.165, 1.54) is 11.1 Å². The van der Waals surface area contributed by atoms with Crippen LogP contribution in [0.25, 0.3) is 0 Å². The minimum Gasteiger partial charge on any atom is -0.392 e. The number of aliphatic hydroxyl groups is 1. The predicted molar refractivity (Wildman–Crippen MR) is 83.1 cm³/mol. The molecule has 6 atom stereocenters. The Balaban J connectivity index is 1.77. The van der Waals surface area contributed by atoms with Crippen LogP contribution in [0.5, 0.6) is 0 Å². The first-order valence-electron chi connectivity index (χ1n) is 8.85. The number of aliphatic hydroxyl groups excluding tert-OH is 1. The molecule has 1 N–H and O–H groups in total. The van der Waals surface area contributed by atoms with Crippen LogP contribution >= 0.6 is 0 Å². The third kappa shape index (κ3) is 1.84. The van der Waals surface area contributed by atoms with E-state index in [9.17, 15) is 14.7 Å². The standard InChI is InChI=1S/C19H26O3/c1-10-7-11-8-12(20)3-4-13(11)18-15(21)9-19(2)14(17(10)18)5-6-16(19)22/h10,14-15,17-18,21H,3-9H2,1-2H3/t10-,14?,15-,17?,18?,19+/m1/s1. The van der Waals surface area contributed by atoms with Crippen LogP contribution in [-0.2, 0) is 9.59 Å². The summed E-state index contributed by atoms with van der Waals surface area (Å²) >= 11 is 0. The summed E-state index contributed by atoms with van der Waals surface area (Å²) in [4.78, 5) is 24.2. The van der Waals surface area contributed by atoms with E-state index in [0.717, 1.165) is 19.3 Å².